The van der Waals surface area contributed by atoms with Gasteiger partial charge in [-0.1, -0.05) is 53.2 Å². The minimum absolute atomic E-state index is 0.0115. The Hall–Kier alpha value is -1.51. The number of aliphatic hydroxyl groups excluding tert-OH is 13. The molecule has 0 amide bonds. The Labute approximate surface area is 396 Å². The van der Waals surface area contributed by atoms with Gasteiger partial charge in [0, 0.05) is 11.3 Å². The Balaban J connectivity index is 0.994. The summed E-state index contributed by atoms with van der Waals surface area (Å²) in [6, 6.07) is 0. The van der Waals surface area contributed by atoms with Crippen molar-refractivity contribution in [1.82, 2.24) is 0 Å². The summed E-state index contributed by atoms with van der Waals surface area (Å²) in [5.41, 5.74) is -2.84. The largest absolute Gasteiger partial charge is 0.432 e. The highest BCUT2D eigenvalue weighted by Crippen LogP contribution is 2.76. The van der Waals surface area contributed by atoms with E-state index in [0.717, 1.165) is 5.57 Å². The van der Waals surface area contributed by atoms with Gasteiger partial charge in [0.15, 0.2) is 12.6 Å². The predicted octanol–water partition coefficient (Wildman–Crippen LogP) is -2.06. The van der Waals surface area contributed by atoms with Crippen LogP contribution < -0.4 is 0 Å². The lowest BCUT2D eigenvalue weighted by Crippen LogP contribution is -2.71. The molecule has 0 aromatic carbocycles. The number of allylic oxidation sites excluding steroid dienone is 2. The van der Waals surface area contributed by atoms with E-state index in [1.165, 1.54) is 6.92 Å². The van der Waals surface area contributed by atoms with Gasteiger partial charge in [-0.05, 0) is 91.8 Å². The number of ether oxygens (including phenoxy) is 6. The van der Waals surface area contributed by atoms with Crippen molar-refractivity contribution in [2.75, 3.05) is 19.8 Å². The van der Waals surface area contributed by atoms with E-state index in [1.54, 1.807) is 6.92 Å². The lowest BCUT2D eigenvalue weighted by molar-refractivity contribution is -0.361. The zero-order valence-corrected chi connectivity index (χ0v) is 40.1. The van der Waals surface area contributed by atoms with Gasteiger partial charge in [0.2, 0.25) is 6.29 Å². The molecule has 0 radical (unpaired) electrons. The van der Waals surface area contributed by atoms with Gasteiger partial charge in [0.05, 0.1) is 49.7 Å². The Kier molecular flexibility index (Phi) is 14.6. The number of hydrogen-bond donors (Lipinski definition) is 13. The summed E-state index contributed by atoms with van der Waals surface area (Å²) in [7, 11) is 0. The summed E-state index contributed by atoms with van der Waals surface area (Å²) in [6.07, 6.45) is -22.3. The highest BCUT2D eigenvalue weighted by atomic mass is 16.8. The van der Waals surface area contributed by atoms with E-state index in [-0.39, 0.29) is 30.1 Å². The molecule has 20 heteroatoms. The number of carbonyl (C=O) groups is 1. The molecule has 0 aromatic heterocycles. The summed E-state index contributed by atoms with van der Waals surface area (Å²) in [5, 5.41) is 142. The second-order valence-corrected chi connectivity index (χ2v) is 23.1. The average molecular weight is 975 g/mol. The van der Waals surface area contributed by atoms with Crippen LogP contribution in [0.3, 0.4) is 0 Å². The van der Waals surface area contributed by atoms with E-state index in [2.05, 4.69) is 40.7 Å². The highest BCUT2D eigenvalue weighted by Gasteiger charge is 2.73. The Morgan fingerprint density at radius 1 is 0.706 bits per heavy atom. The van der Waals surface area contributed by atoms with Crippen LogP contribution in [0.25, 0.3) is 0 Å². The van der Waals surface area contributed by atoms with Crippen LogP contribution >= 0.6 is 0 Å². The summed E-state index contributed by atoms with van der Waals surface area (Å²) in [4.78, 5) is 15.0. The van der Waals surface area contributed by atoms with Crippen LogP contribution in [0.15, 0.2) is 11.6 Å². The minimum atomic E-state index is -1.89. The summed E-state index contributed by atoms with van der Waals surface area (Å²) in [6.45, 7) is 12.1. The van der Waals surface area contributed by atoms with Gasteiger partial charge in [-0.25, -0.2) is 0 Å². The first-order valence-electron chi connectivity index (χ1n) is 24.6. The van der Waals surface area contributed by atoms with Crippen molar-refractivity contribution in [2.24, 2.45) is 56.7 Å². The minimum Gasteiger partial charge on any atom is -0.432 e. The van der Waals surface area contributed by atoms with Crippen LogP contribution in [0.4, 0.5) is 0 Å². The number of aliphatic hydroxyl groups is 13. The molecule has 4 saturated carbocycles. The third kappa shape index (κ3) is 7.89. The van der Waals surface area contributed by atoms with Gasteiger partial charge in [-0.2, -0.15) is 0 Å². The molecule has 3 heterocycles. The maximum Gasteiger partial charge on any atom is 0.315 e. The fourth-order valence-corrected chi connectivity index (χ4v) is 15.4. The number of esters is 1. The fourth-order valence-electron chi connectivity index (χ4n) is 15.4. The predicted molar refractivity (Wildman–Crippen MR) is 233 cm³/mol. The van der Waals surface area contributed by atoms with Crippen molar-refractivity contribution < 1.29 is 99.6 Å². The number of rotatable bonds is 9. The third-order valence-corrected chi connectivity index (χ3v) is 19.6. The fraction of sp³-hybridized carbons (Fsp3) is 0.938. The zero-order valence-electron chi connectivity index (χ0n) is 40.1. The first kappa shape index (κ1) is 52.8. The normalized spacial score (nSPS) is 57.1. The molecule has 3 saturated heterocycles. The van der Waals surface area contributed by atoms with E-state index in [4.69, 9.17) is 28.4 Å². The first-order chi connectivity index (χ1) is 31.8. The van der Waals surface area contributed by atoms with Gasteiger partial charge in [-0.3, -0.25) is 4.79 Å². The van der Waals surface area contributed by atoms with Gasteiger partial charge >= 0.3 is 5.97 Å². The van der Waals surface area contributed by atoms with E-state index in [9.17, 15) is 66.4 Å². The quantitative estimate of drug-likeness (QED) is 0.0873. The van der Waals surface area contributed by atoms with Crippen LogP contribution in [0.5, 0.6) is 0 Å². The molecule has 13 N–H and O–H groups in total. The summed E-state index contributed by atoms with van der Waals surface area (Å²) in [5.74, 6) is -1.31. The molecule has 5 aliphatic carbocycles. The lowest BCUT2D eigenvalue weighted by Gasteiger charge is -2.72. The second-order valence-electron chi connectivity index (χ2n) is 23.1. The van der Waals surface area contributed by atoms with Gasteiger partial charge in [-0.15, -0.1) is 0 Å². The lowest BCUT2D eigenvalue weighted by atomic mass is 9.32. The third-order valence-electron chi connectivity index (χ3n) is 19.6. The van der Waals surface area contributed by atoms with Crippen molar-refractivity contribution in [3.63, 3.8) is 0 Å². The zero-order chi connectivity index (χ0) is 50.0. The average Bonchev–Trinajstić information content (AvgIpc) is 3.29. The Morgan fingerprint density at radius 3 is 2.00 bits per heavy atom. The Morgan fingerprint density at radius 2 is 1.34 bits per heavy atom. The van der Waals surface area contributed by atoms with Crippen molar-refractivity contribution in [3.8, 4) is 0 Å². The van der Waals surface area contributed by atoms with E-state index >= 15 is 4.79 Å². The number of carbonyl (C=O) groups excluding carboxylic acids is 1. The van der Waals surface area contributed by atoms with E-state index in [1.807, 2.05) is 0 Å². The van der Waals surface area contributed by atoms with Crippen molar-refractivity contribution >= 4 is 5.97 Å². The molecule has 0 aromatic rings. The topological polar surface area (TPSA) is 335 Å². The van der Waals surface area contributed by atoms with Gasteiger partial charge in [0.1, 0.15) is 67.1 Å². The van der Waals surface area contributed by atoms with Gasteiger partial charge < -0.3 is 94.8 Å². The number of hydrogen-bond acceptors (Lipinski definition) is 20. The molecule has 8 aliphatic rings. The molecule has 7 fully saturated rings. The van der Waals surface area contributed by atoms with Crippen molar-refractivity contribution in [1.29, 1.82) is 0 Å². The SMILES string of the molecule is C[C@H]1[C@H](C)CC[C@]2(C(=O)O[C@H]3O[C@@H](CO[C@H]4O[C@@H](CO)[C@H](O[C@@H]5O[C@H](C)[C@@H](O)[C@H](O)[C@@H]5O)[C@@H](O)[C@@H]4O)[C@H](O)[C@@H](O)[C@@H]3O)CC[C@]3(C)C(=CCC4[C@@]5(C)C[C@@H](O)[C@H](O)[C@@](C)(CO)C5C(O)C[C@]43C)[C@H]12. The molecule has 390 valence electrons. The molecule has 0 spiro atoms. The van der Waals surface area contributed by atoms with Crippen molar-refractivity contribution in [2.45, 2.75) is 204 Å². The molecular weight excluding hydrogens is 897 g/mol. The smallest absolute Gasteiger partial charge is 0.315 e. The Bertz CT molecular complexity index is 1860. The van der Waals surface area contributed by atoms with E-state index in [0.29, 0.717) is 38.5 Å². The summed E-state index contributed by atoms with van der Waals surface area (Å²) >= 11 is 0. The van der Waals surface area contributed by atoms with Crippen LogP contribution in [0.1, 0.15) is 93.4 Å². The molecule has 8 rings (SSSR count). The first-order valence-corrected chi connectivity index (χ1v) is 24.6. The molecule has 20 nitrogen and oxygen atoms in total. The molecule has 28 atom stereocenters. The van der Waals surface area contributed by atoms with E-state index < -0.39 is 169 Å². The molecule has 3 unspecified atom stereocenters. The standard InChI is InChI=1S/C48H78O20/c1-19-10-11-48(13-12-46(6)22(28(48)20(19)2)8-9-27-44(4)14-24(52)39(61)45(5,18-50)38(44)23(51)15-47(27,46)7)43(62)68-42-35(59)32(56)30(54)26(66-42)17-63-40-36(60)33(57)37(25(16-49)65-40)67-41-34(58)31(55)29(53)21(3)64-41/h8,19-21,23-42,49-61H,9-18H2,1-7H3/t19-,20+,21-,23?,24-,25+,26+,27?,28+,29-,30+,31+,32-,33+,34+,35+,36+,37+,38?,39+,40+,41+,42-,44-,45+,46-,47-,48+/m1/s1. The van der Waals surface area contributed by atoms with Crippen LogP contribution in [0, 0.1) is 56.7 Å². The maximum atomic E-state index is 15.0. The van der Waals surface area contributed by atoms with Gasteiger partial charge in [0.25, 0.3) is 0 Å². The molecule has 3 aliphatic heterocycles. The maximum absolute atomic E-state index is 15.0. The van der Waals surface area contributed by atoms with Crippen molar-refractivity contribution in [3.05, 3.63) is 11.6 Å². The molecule has 68 heavy (non-hydrogen) atoms. The van der Waals surface area contributed by atoms with Crippen LogP contribution in [-0.2, 0) is 33.2 Å². The second kappa shape index (κ2) is 18.8. The van der Waals surface area contributed by atoms with Crippen LogP contribution in [0.2, 0.25) is 0 Å². The van der Waals surface area contributed by atoms with Crippen LogP contribution in [-0.4, -0.2) is 203 Å². The highest BCUT2D eigenvalue weighted by molar-refractivity contribution is 5.79. The number of fused-ring (bicyclic) bond motifs is 7. The molecule has 0 bridgehead atoms. The summed E-state index contributed by atoms with van der Waals surface area (Å²) < 4.78 is 34.6. The monoisotopic (exact) mass is 975 g/mol. The molecular formula is C48H78O20.